The average Bonchev–Trinajstić information content (AvgIpc) is 2.60. The Labute approximate surface area is 89.0 Å². The highest BCUT2D eigenvalue weighted by Crippen LogP contribution is 2.34. The summed E-state index contributed by atoms with van der Waals surface area (Å²) >= 11 is 0. The second kappa shape index (κ2) is 6.23. The lowest BCUT2D eigenvalue weighted by atomic mass is 9.87. The van der Waals surface area contributed by atoms with Gasteiger partial charge in [0, 0.05) is 6.04 Å². The van der Waals surface area contributed by atoms with Crippen LogP contribution in [0.1, 0.15) is 45.4 Å². The van der Waals surface area contributed by atoms with Crippen molar-refractivity contribution in [1.29, 1.82) is 0 Å². The van der Waals surface area contributed by atoms with Crippen molar-refractivity contribution in [2.45, 2.75) is 51.5 Å². The third kappa shape index (κ3) is 3.13. The Morgan fingerprint density at radius 2 is 2.29 bits per heavy atom. The van der Waals surface area contributed by atoms with Crippen LogP contribution in [0, 0.1) is 11.8 Å². The summed E-state index contributed by atoms with van der Waals surface area (Å²) in [6.45, 7) is 6.19. The van der Waals surface area contributed by atoms with Gasteiger partial charge in [0.25, 0.3) is 0 Å². The molecule has 14 heavy (non-hydrogen) atoms. The molecule has 1 nitrogen and oxygen atoms in total. The molecule has 0 aromatic heterocycles. The monoisotopic (exact) mass is 195 g/mol. The fraction of sp³-hybridized carbons (Fsp3) is 0.846. The highest BCUT2D eigenvalue weighted by molar-refractivity contribution is 4.84. The Morgan fingerprint density at radius 1 is 1.50 bits per heavy atom. The van der Waals surface area contributed by atoms with Gasteiger partial charge < -0.3 is 5.32 Å². The molecule has 1 rings (SSSR count). The standard InChI is InChI=1S/C13H25N/c1-4-5-6-10-13(14-3)12-9-7-8-11(12)2/h4,11-14H,1,5-10H2,2-3H3. The fourth-order valence-corrected chi connectivity index (χ4v) is 2.83. The van der Waals surface area contributed by atoms with Crippen molar-refractivity contribution < 1.29 is 0 Å². The zero-order chi connectivity index (χ0) is 10.4. The van der Waals surface area contributed by atoms with E-state index in [1.54, 1.807) is 0 Å². The van der Waals surface area contributed by atoms with E-state index in [2.05, 4.69) is 25.9 Å². The first-order chi connectivity index (χ1) is 6.79. The lowest BCUT2D eigenvalue weighted by Gasteiger charge is -2.26. The van der Waals surface area contributed by atoms with Crippen molar-refractivity contribution in [3.05, 3.63) is 12.7 Å². The van der Waals surface area contributed by atoms with Gasteiger partial charge in [0.05, 0.1) is 0 Å². The predicted octanol–water partition coefficient (Wildman–Crippen LogP) is 3.37. The van der Waals surface area contributed by atoms with Crippen LogP contribution in [0.4, 0.5) is 0 Å². The molecule has 0 bridgehead atoms. The number of rotatable bonds is 6. The Hall–Kier alpha value is -0.300. The summed E-state index contributed by atoms with van der Waals surface area (Å²) < 4.78 is 0. The van der Waals surface area contributed by atoms with Crippen LogP contribution in [0.15, 0.2) is 12.7 Å². The van der Waals surface area contributed by atoms with Gasteiger partial charge in [-0.1, -0.05) is 25.8 Å². The van der Waals surface area contributed by atoms with Crippen molar-refractivity contribution in [2.24, 2.45) is 11.8 Å². The highest BCUT2D eigenvalue weighted by Gasteiger charge is 2.29. The average molecular weight is 195 g/mol. The van der Waals surface area contributed by atoms with Crippen LogP contribution in [0.3, 0.4) is 0 Å². The first-order valence-corrected chi connectivity index (χ1v) is 6.07. The van der Waals surface area contributed by atoms with Crippen LogP contribution in [0.5, 0.6) is 0 Å². The second-order valence-electron chi connectivity index (χ2n) is 4.69. The summed E-state index contributed by atoms with van der Waals surface area (Å²) in [5.41, 5.74) is 0. The van der Waals surface area contributed by atoms with Gasteiger partial charge in [0.1, 0.15) is 0 Å². The lowest BCUT2D eigenvalue weighted by molar-refractivity contribution is 0.293. The maximum absolute atomic E-state index is 3.78. The highest BCUT2D eigenvalue weighted by atomic mass is 14.9. The van der Waals surface area contributed by atoms with Crippen molar-refractivity contribution in [3.63, 3.8) is 0 Å². The Kier molecular flexibility index (Phi) is 5.24. The third-order valence-corrected chi connectivity index (χ3v) is 3.74. The molecule has 0 saturated heterocycles. The molecule has 1 saturated carbocycles. The van der Waals surface area contributed by atoms with E-state index in [-0.39, 0.29) is 0 Å². The Balaban J connectivity index is 2.32. The number of unbranched alkanes of at least 4 members (excludes halogenated alkanes) is 1. The van der Waals surface area contributed by atoms with Gasteiger partial charge in [-0.2, -0.15) is 0 Å². The maximum Gasteiger partial charge on any atom is 0.00949 e. The summed E-state index contributed by atoms with van der Waals surface area (Å²) in [6, 6.07) is 0.743. The van der Waals surface area contributed by atoms with Crippen LogP contribution in [-0.4, -0.2) is 13.1 Å². The van der Waals surface area contributed by atoms with Crippen LogP contribution >= 0.6 is 0 Å². The van der Waals surface area contributed by atoms with Gasteiger partial charge in [0.2, 0.25) is 0 Å². The molecule has 82 valence electrons. The molecule has 0 heterocycles. The van der Waals surface area contributed by atoms with Gasteiger partial charge >= 0.3 is 0 Å². The zero-order valence-electron chi connectivity index (χ0n) is 9.76. The summed E-state index contributed by atoms with van der Waals surface area (Å²) in [4.78, 5) is 0. The molecule has 3 unspecified atom stereocenters. The number of hydrogen-bond donors (Lipinski definition) is 1. The molecule has 0 aliphatic heterocycles. The van der Waals surface area contributed by atoms with E-state index < -0.39 is 0 Å². The summed E-state index contributed by atoms with van der Waals surface area (Å²) in [5.74, 6) is 1.85. The van der Waals surface area contributed by atoms with E-state index in [0.29, 0.717) is 0 Å². The number of nitrogens with one attached hydrogen (secondary N) is 1. The summed E-state index contributed by atoms with van der Waals surface area (Å²) in [7, 11) is 2.11. The van der Waals surface area contributed by atoms with E-state index in [9.17, 15) is 0 Å². The van der Waals surface area contributed by atoms with Gasteiger partial charge in [-0.25, -0.2) is 0 Å². The molecule has 1 N–H and O–H groups in total. The van der Waals surface area contributed by atoms with E-state index >= 15 is 0 Å². The normalized spacial score (nSPS) is 29.0. The first kappa shape index (κ1) is 11.8. The molecular weight excluding hydrogens is 170 g/mol. The fourth-order valence-electron chi connectivity index (χ4n) is 2.83. The summed E-state index contributed by atoms with van der Waals surface area (Å²) in [6.07, 6.45) is 10.1. The molecule has 3 atom stereocenters. The van der Waals surface area contributed by atoms with Gasteiger partial charge in [-0.3, -0.25) is 0 Å². The molecule has 0 radical (unpaired) electrons. The first-order valence-electron chi connectivity index (χ1n) is 6.07. The number of allylic oxidation sites excluding steroid dienone is 1. The predicted molar refractivity (Wildman–Crippen MR) is 63.4 cm³/mol. The van der Waals surface area contributed by atoms with E-state index in [0.717, 1.165) is 17.9 Å². The molecule has 0 aromatic carbocycles. The van der Waals surface area contributed by atoms with Crippen molar-refractivity contribution >= 4 is 0 Å². The third-order valence-electron chi connectivity index (χ3n) is 3.74. The smallest absolute Gasteiger partial charge is 0.00949 e. The molecule has 1 aliphatic rings. The number of hydrogen-bond acceptors (Lipinski definition) is 1. The largest absolute Gasteiger partial charge is 0.317 e. The molecule has 0 aromatic rings. The Morgan fingerprint density at radius 3 is 2.79 bits per heavy atom. The van der Waals surface area contributed by atoms with E-state index in [1.165, 1.54) is 38.5 Å². The molecule has 1 fully saturated rings. The van der Waals surface area contributed by atoms with E-state index in [4.69, 9.17) is 0 Å². The Bertz CT molecular complexity index is 165. The van der Waals surface area contributed by atoms with E-state index in [1.807, 2.05) is 6.08 Å². The molecular formula is C13H25N. The van der Waals surface area contributed by atoms with Gasteiger partial charge in [-0.05, 0) is 44.6 Å². The molecule has 0 amide bonds. The van der Waals surface area contributed by atoms with Crippen molar-refractivity contribution in [1.82, 2.24) is 5.32 Å². The minimum absolute atomic E-state index is 0.743. The SMILES string of the molecule is C=CCCCC(NC)C1CCCC1C. The molecule has 0 spiro atoms. The van der Waals surface area contributed by atoms with Crippen LogP contribution in [0.25, 0.3) is 0 Å². The quantitative estimate of drug-likeness (QED) is 0.506. The van der Waals surface area contributed by atoms with Crippen LogP contribution in [-0.2, 0) is 0 Å². The zero-order valence-corrected chi connectivity index (χ0v) is 9.76. The minimum Gasteiger partial charge on any atom is -0.317 e. The topological polar surface area (TPSA) is 12.0 Å². The molecule has 1 heteroatoms. The van der Waals surface area contributed by atoms with Gasteiger partial charge in [-0.15, -0.1) is 6.58 Å². The van der Waals surface area contributed by atoms with Crippen LogP contribution in [0.2, 0.25) is 0 Å². The lowest BCUT2D eigenvalue weighted by Crippen LogP contribution is -2.34. The van der Waals surface area contributed by atoms with Crippen molar-refractivity contribution in [3.8, 4) is 0 Å². The van der Waals surface area contributed by atoms with Crippen LogP contribution < -0.4 is 5.32 Å². The van der Waals surface area contributed by atoms with Gasteiger partial charge in [0.15, 0.2) is 0 Å². The van der Waals surface area contributed by atoms with Crippen molar-refractivity contribution in [2.75, 3.05) is 7.05 Å². The second-order valence-corrected chi connectivity index (χ2v) is 4.69. The maximum atomic E-state index is 3.78. The summed E-state index contributed by atoms with van der Waals surface area (Å²) in [5, 5.41) is 3.50. The minimum atomic E-state index is 0.743. The molecule has 1 aliphatic carbocycles.